The molecule has 1 saturated carbocycles. The standard InChI is InChI=1S/C21H27N3O6S2/c1-3-30-20(27)14-9-10-16-17(11-14)31-21(24(16)2)23-19(26)13-32(28,29)12-18(25)22-15-7-5-4-6-8-15/h9-11,15H,3-8,12-13H2,1-2H3,(H,22,25). The van der Waals surface area contributed by atoms with Gasteiger partial charge in [0.25, 0.3) is 5.91 Å². The Kier molecular flexibility index (Phi) is 7.83. The Balaban J connectivity index is 1.70. The molecule has 1 N–H and O–H groups in total. The lowest BCUT2D eigenvalue weighted by Gasteiger charge is -2.22. The van der Waals surface area contributed by atoms with Gasteiger partial charge in [0.1, 0.15) is 11.5 Å². The number of nitrogens with one attached hydrogen (secondary N) is 1. The number of benzene rings is 1. The van der Waals surface area contributed by atoms with Crippen molar-refractivity contribution in [3.8, 4) is 0 Å². The summed E-state index contributed by atoms with van der Waals surface area (Å²) in [6.45, 7) is 1.98. The van der Waals surface area contributed by atoms with E-state index in [1.54, 1.807) is 36.7 Å². The minimum Gasteiger partial charge on any atom is -0.462 e. The highest BCUT2D eigenvalue weighted by Crippen LogP contribution is 2.19. The third-order valence-corrected chi connectivity index (χ3v) is 7.69. The fourth-order valence-electron chi connectivity index (χ4n) is 3.68. The number of aromatic nitrogens is 1. The quantitative estimate of drug-likeness (QED) is 0.601. The SMILES string of the molecule is CCOC(=O)c1ccc2c(c1)sc(=NC(=O)CS(=O)(=O)CC(=O)NC1CCCCC1)n2C. The summed E-state index contributed by atoms with van der Waals surface area (Å²) in [6, 6.07) is 4.99. The molecule has 0 aliphatic heterocycles. The van der Waals surface area contributed by atoms with Crippen molar-refractivity contribution >= 4 is 49.2 Å². The molecule has 2 amide bonds. The molecule has 9 nitrogen and oxygen atoms in total. The molecule has 3 rings (SSSR count). The Morgan fingerprint density at radius 2 is 1.91 bits per heavy atom. The van der Waals surface area contributed by atoms with Gasteiger partial charge in [0.15, 0.2) is 14.6 Å². The first-order valence-electron chi connectivity index (χ1n) is 10.5. The zero-order chi connectivity index (χ0) is 23.3. The first-order valence-corrected chi connectivity index (χ1v) is 13.2. The summed E-state index contributed by atoms with van der Waals surface area (Å²) in [7, 11) is -2.24. The molecular weight excluding hydrogens is 454 g/mol. The maximum atomic E-state index is 12.3. The molecule has 0 bridgehead atoms. The van der Waals surface area contributed by atoms with E-state index in [2.05, 4.69) is 10.3 Å². The van der Waals surface area contributed by atoms with Gasteiger partial charge in [-0.2, -0.15) is 4.99 Å². The van der Waals surface area contributed by atoms with E-state index in [1.807, 2.05) is 0 Å². The lowest BCUT2D eigenvalue weighted by molar-refractivity contribution is -0.119. The van der Waals surface area contributed by atoms with Crippen molar-refractivity contribution in [2.75, 3.05) is 18.1 Å². The summed E-state index contributed by atoms with van der Waals surface area (Å²) in [5.41, 5.74) is 1.12. The summed E-state index contributed by atoms with van der Waals surface area (Å²) in [5.74, 6) is -3.44. The number of carbonyl (C=O) groups is 3. The molecule has 32 heavy (non-hydrogen) atoms. The molecule has 174 valence electrons. The van der Waals surface area contributed by atoms with Crippen molar-refractivity contribution in [3.05, 3.63) is 28.6 Å². The molecule has 1 aliphatic rings. The summed E-state index contributed by atoms with van der Waals surface area (Å²) in [6.07, 6.45) is 4.85. The normalized spacial score (nSPS) is 15.6. The van der Waals surface area contributed by atoms with Crippen molar-refractivity contribution in [1.29, 1.82) is 0 Å². The number of fused-ring (bicyclic) bond motifs is 1. The molecule has 1 aliphatic carbocycles. The zero-order valence-corrected chi connectivity index (χ0v) is 19.8. The second kappa shape index (κ2) is 10.4. The molecule has 2 aromatic rings. The van der Waals surface area contributed by atoms with Crippen molar-refractivity contribution in [2.24, 2.45) is 12.0 Å². The van der Waals surface area contributed by atoms with Crippen LogP contribution in [0, 0.1) is 0 Å². The monoisotopic (exact) mass is 481 g/mol. The highest BCUT2D eigenvalue weighted by molar-refractivity contribution is 7.92. The second-order valence-corrected chi connectivity index (χ2v) is 10.9. The van der Waals surface area contributed by atoms with Gasteiger partial charge < -0.3 is 14.6 Å². The van der Waals surface area contributed by atoms with Crippen LogP contribution in [-0.2, 0) is 31.2 Å². The number of rotatable bonds is 7. The average Bonchev–Trinajstić information content (AvgIpc) is 3.02. The topological polar surface area (TPSA) is 124 Å². The maximum Gasteiger partial charge on any atom is 0.338 e. The predicted octanol–water partition coefficient (Wildman–Crippen LogP) is 1.71. The number of amides is 2. The van der Waals surface area contributed by atoms with Crippen molar-refractivity contribution < 1.29 is 27.5 Å². The van der Waals surface area contributed by atoms with Crippen LogP contribution in [0.5, 0.6) is 0 Å². The molecular formula is C21H27N3O6S2. The van der Waals surface area contributed by atoms with Crippen LogP contribution in [0.1, 0.15) is 49.4 Å². The third kappa shape index (κ3) is 6.26. The van der Waals surface area contributed by atoms with Crippen LogP contribution in [0.25, 0.3) is 10.2 Å². The lowest BCUT2D eigenvalue weighted by Crippen LogP contribution is -2.40. The van der Waals surface area contributed by atoms with E-state index in [1.165, 1.54) is 0 Å². The summed E-state index contributed by atoms with van der Waals surface area (Å²) < 4.78 is 32.0. The highest BCUT2D eigenvalue weighted by atomic mass is 32.2. The smallest absolute Gasteiger partial charge is 0.338 e. The van der Waals surface area contributed by atoms with E-state index in [-0.39, 0.29) is 12.6 Å². The second-order valence-electron chi connectivity index (χ2n) is 7.79. The Morgan fingerprint density at radius 1 is 1.19 bits per heavy atom. The summed E-state index contributed by atoms with van der Waals surface area (Å²) >= 11 is 1.16. The minimum atomic E-state index is -3.94. The minimum absolute atomic E-state index is 0.00364. The van der Waals surface area contributed by atoms with Gasteiger partial charge in [0.2, 0.25) is 5.91 Å². The van der Waals surface area contributed by atoms with E-state index in [4.69, 9.17) is 4.74 Å². The number of esters is 1. The van der Waals surface area contributed by atoms with Gasteiger partial charge in [-0.3, -0.25) is 9.59 Å². The van der Waals surface area contributed by atoms with E-state index < -0.39 is 39.1 Å². The number of carbonyl (C=O) groups excluding carboxylic acids is 3. The Morgan fingerprint density at radius 3 is 2.59 bits per heavy atom. The Hall–Kier alpha value is -2.53. The lowest BCUT2D eigenvalue weighted by atomic mass is 9.95. The molecule has 1 aromatic carbocycles. The van der Waals surface area contributed by atoms with Gasteiger partial charge >= 0.3 is 5.97 Å². The molecule has 0 spiro atoms. The molecule has 0 saturated heterocycles. The maximum absolute atomic E-state index is 12.3. The van der Waals surface area contributed by atoms with Crippen molar-refractivity contribution in [1.82, 2.24) is 9.88 Å². The van der Waals surface area contributed by atoms with Crippen LogP contribution in [0.4, 0.5) is 0 Å². The van der Waals surface area contributed by atoms with Crippen LogP contribution in [0.3, 0.4) is 0 Å². The van der Waals surface area contributed by atoms with Gasteiger partial charge in [-0.15, -0.1) is 0 Å². The number of thiazole rings is 1. The van der Waals surface area contributed by atoms with Crippen molar-refractivity contribution in [3.63, 3.8) is 0 Å². The van der Waals surface area contributed by atoms with E-state index in [9.17, 15) is 22.8 Å². The van der Waals surface area contributed by atoms with E-state index in [0.29, 0.717) is 15.1 Å². The van der Waals surface area contributed by atoms with Gasteiger partial charge in [-0.05, 0) is 38.0 Å². The third-order valence-electron chi connectivity index (χ3n) is 5.21. The summed E-state index contributed by atoms with van der Waals surface area (Å²) in [4.78, 5) is 40.6. The Labute approximate surface area is 190 Å². The number of aryl methyl sites for hydroxylation is 1. The molecule has 1 heterocycles. The number of ether oxygens (including phenoxy) is 1. The van der Waals surface area contributed by atoms with Gasteiger partial charge in [0.05, 0.1) is 22.4 Å². The van der Waals surface area contributed by atoms with Crippen molar-refractivity contribution in [2.45, 2.75) is 45.1 Å². The number of nitrogens with zero attached hydrogens (tertiary/aromatic N) is 2. The van der Waals surface area contributed by atoms with Gasteiger partial charge in [0, 0.05) is 13.1 Å². The number of hydrogen-bond acceptors (Lipinski definition) is 7. The summed E-state index contributed by atoms with van der Waals surface area (Å²) in [5, 5.41) is 2.75. The van der Waals surface area contributed by atoms with Crippen LogP contribution < -0.4 is 10.1 Å². The first-order chi connectivity index (χ1) is 15.2. The number of sulfone groups is 1. The van der Waals surface area contributed by atoms with Crippen LogP contribution in [-0.4, -0.2) is 54.9 Å². The molecule has 1 aromatic heterocycles. The fourth-order valence-corrected chi connectivity index (χ4v) is 5.78. The van der Waals surface area contributed by atoms with Crippen LogP contribution in [0.15, 0.2) is 23.2 Å². The van der Waals surface area contributed by atoms with Crippen LogP contribution in [0.2, 0.25) is 0 Å². The zero-order valence-electron chi connectivity index (χ0n) is 18.1. The van der Waals surface area contributed by atoms with E-state index >= 15 is 0 Å². The molecule has 0 atom stereocenters. The fraction of sp³-hybridized carbons (Fsp3) is 0.524. The molecule has 11 heteroatoms. The molecule has 0 radical (unpaired) electrons. The highest BCUT2D eigenvalue weighted by Gasteiger charge is 2.23. The Bertz CT molecular complexity index is 1190. The largest absolute Gasteiger partial charge is 0.462 e. The first kappa shape index (κ1) is 24.1. The molecule has 0 unspecified atom stereocenters. The van der Waals surface area contributed by atoms with Gasteiger partial charge in [-0.1, -0.05) is 30.6 Å². The van der Waals surface area contributed by atoms with E-state index in [0.717, 1.165) is 49.0 Å². The average molecular weight is 482 g/mol. The predicted molar refractivity (Wildman–Crippen MR) is 121 cm³/mol. The number of hydrogen-bond donors (Lipinski definition) is 1. The van der Waals surface area contributed by atoms with Gasteiger partial charge in [-0.25, -0.2) is 13.2 Å². The van der Waals surface area contributed by atoms with Crippen LogP contribution >= 0.6 is 11.3 Å². The molecule has 1 fully saturated rings.